The lowest BCUT2D eigenvalue weighted by atomic mass is 9.73. The molecule has 0 unspecified atom stereocenters. The molecular formula is C33H40N4O8. The molecule has 1 spiro atoms. The number of likely N-dealkylation sites (tertiary alicyclic amines) is 1. The second kappa shape index (κ2) is 14.5. The SMILES string of the molecule is COCCC(=O)N1C[C@H]2c3cccc4c3OC[C@@]2(CNC(=O)CCCN(C(=O)c2cccc3cc[nH]c23)CCCO4)C1.O=CO. The van der Waals surface area contributed by atoms with Gasteiger partial charge >= 0.3 is 0 Å². The van der Waals surface area contributed by atoms with Crippen molar-refractivity contribution >= 4 is 35.1 Å². The number of methoxy groups -OCH3 is 1. The molecule has 12 nitrogen and oxygen atoms in total. The first-order valence-electron chi connectivity index (χ1n) is 15.3. The summed E-state index contributed by atoms with van der Waals surface area (Å²) in [5.41, 5.74) is 1.99. The summed E-state index contributed by atoms with van der Waals surface area (Å²) in [5, 5.41) is 11.0. The number of para-hydroxylation sites is 2. The Balaban J connectivity index is 0.00000128. The Labute approximate surface area is 261 Å². The van der Waals surface area contributed by atoms with E-state index in [1.165, 1.54) is 0 Å². The number of carboxylic acid groups (broad SMARTS) is 1. The molecule has 1 fully saturated rings. The van der Waals surface area contributed by atoms with Gasteiger partial charge in [-0.2, -0.15) is 0 Å². The number of fused-ring (bicyclic) bond motifs is 12. The predicted molar refractivity (Wildman–Crippen MR) is 165 cm³/mol. The van der Waals surface area contributed by atoms with Gasteiger partial charge in [0.05, 0.1) is 37.3 Å². The lowest BCUT2D eigenvalue weighted by molar-refractivity contribution is -0.131. The van der Waals surface area contributed by atoms with Crippen LogP contribution in [0.3, 0.4) is 0 Å². The van der Waals surface area contributed by atoms with Crippen LogP contribution >= 0.6 is 0 Å². The van der Waals surface area contributed by atoms with Crippen molar-refractivity contribution < 1.29 is 38.5 Å². The minimum atomic E-state index is -0.447. The zero-order valence-corrected chi connectivity index (χ0v) is 25.5. The summed E-state index contributed by atoms with van der Waals surface area (Å²) in [4.78, 5) is 55.0. The van der Waals surface area contributed by atoms with Gasteiger partial charge in [-0.25, -0.2) is 0 Å². The molecule has 2 aromatic carbocycles. The summed E-state index contributed by atoms with van der Waals surface area (Å²) in [5.74, 6) is 1.28. The maximum absolute atomic E-state index is 13.7. The van der Waals surface area contributed by atoms with Crippen LogP contribution in [0, 0.1) is 5.41 Å². The average Bonchev–Trinajstić information content (AvgIpc) is 3.69. The smallest absolute Gasteiger partial charge is 0.290 e. The van der Waals surface area contributed by atoms with Crippen LogP contribution in [0.15, 0.2) is 48.7 Å². The van der Waals surface area contributed by atoms with E-state index in [1.54, 1.807) is 7.11 Å². The van der Waals surface area contributed by atoms with Gasteiger partial charge in [-0.3, -0.25) is 19.2 Å². The Kier molecular flexibility index (Phi) is 10.2. The molecule has 4 bridgehead atoms. The standard InChI is InChI=1S/C32H38N4O6.CH2O2/c1-40-17-12-28(38)36-18-25-23-7-3-9-26-30(23)42-21-32(25,20-36)19-34-27(37)10-4-14-35(15-5-16-41-26)31(39)24-8-2-6-22-11-13-33-29(22)24;2-1-3/h2-3,6-9,11,13,25,33H,4-5,10,12,14-21H2,1H3,(H,34,37);1H,(H,2,3)/t25-,32+;/m0./s1. The summed E-state index contributed by atoms with van der Waals surface area (Å²) >= 11 is 0. The summed E-state index contributed by atoms with van der Waals surface area (Å²) in [6.07, 6.45) is 3.61. The third-order valence-corrected chi connectivity index (χ3v) is 8.81. The molecule has 3 amide bonds. The quantitative estimate of drug-likeness (QED) is 0.377. The van der Waals surface area contributed by atoms with E-state index in [4.69, 9.17) is 24.1 Å². The number of nitrogens with zero attached hydrogens (tertiary/aromatic N) is 2. The van der Waals surface area contributed by atoms with E-state index in [0.717, 1.165) is 16.5 Å². The zero-order chi connectivity index (χ0) is 31.8. The largest absolute Gasteiger partial charge is 0.490 e. The molecule has 3 N–H and O–H groups in total. The first kappa shape index (κ1) is 31.8. The Morgan fingerprint density at radius 2 is 1.91 bits per heavy atom. The van der Waals surface area contributed by atoms with Crippen molar-refractivity contribution in [3.63, 3.8) is 0 Å². The number of ether oxygens (including phenoxy) is 3. The number of carbonyl (C=O) groups is 4. The van der Waals surface area contributed by atoms with Crippen molar-refractivity contribution in [2.24, 2.45) is 5.41 Å². The van der Waals surface area contributed by atoms with E-state index in [2.05, 4.69) is 10.3 Å². The third kappa shape index (κ3) is 6.90. The van der Waals surface area contributed by atoms with Crippen molar-refractivity contribution in [1.82, 2.24) is 20.1 Å². The van der Waals surface area contributed by atoms with Crippen LogP contribution in [0.2, 0.25) is 0 Å². The lowest BCUT2D eigenvalue weighted by Crippen LogP contribution is -2.48. The minimum Gasteiger partial charge on any atom is -0.490 e. The molecule has 0 aliphatic carbocycles. The number of amides is 3. The highest BCUT2D eigenvalue weighted by molar-refractivity contribution is 6.05. The van der Waals surface area contributed by atoms with E-state index in [0.29, 0.717) is 95.3 Å². The topological polar surface area (TPSA) is 150 Å². The van der Waals surface area contributed by atoms with E-state index in [9.17, 15) is 14.4 Å². The Morgan fingerprint density at radius 3 is 2.73 bits per heavy atom. The van der Waals surface area contributed by atoms with Crippen LogP contribution < -0.4 is 14.8 Å². The van der Waals surface area contributed by atoms with Crippen LogP contribution in [0.25, 0.3) is 10.9 Å². The fourth-order valence-corrected chi connectivity index (χ4v) is 6.58. The number of rotatable bonds is 4. The van der Waals surface area contributed by atoms with Gasteiger partial charge in [-0.1, -0.05) is 24.3 Å². The maximum atomic E-state index is 13.7. The van der Waals surface area contributed by atoms with Crippen molar-refractivity contribution in [3.05, 3.63) is 59.8 Å². The molecule has 0 radical (unpaired) electrons. The van der Waals surface area contributed by atoms with Crippen molar-refractivity contribution in [2.75, 3.05) is 59.7 Å². The number of aromatic nitrogens is 1. The van der Waals surface area contributed by atoms with E-state index < -0.39 is 5.41 Å². The van der Waals surface area contributed by atoms with Gasteiger partial charge in [0.15, 0.2) is 11.5 Å². The molecule has 240 valence electrons. The van der Waals surface area contributed by atoms with Crippen molar-refractivity contribution in [1.29, 1.82) is 0 Å². The molecular weight excluding hydrogens is 580 g/mol. The second-order valence-electron chi connectivity index (χ2n) is 11.6. The van der Waals surface area contributed by atoms with Gasteiger partial charge < -0.3 is 39.4 Å². The fourth-order valence-electron chi connectivity index (χ4n) is 6.58. The van der Waals surface area contributed by atoms with Gasteiger partial charge in [0, 0.05) is 74.7 Å². The van der Waals surface area contributed by atoms with Crippen LogP contribution in [-0.4, -0.2) is 104 Å². The normalized spacial score (nSPS) is 21.5. The second-order valence-corrected chi connectivity index (χ2v) is 11.6. The molecule has 1 aromatic heterocycles. The monoisotopic (exact) mass is 620 g/mol. The fraction of sp³-hybridized carbons (Fsp3) is 0.455. The Morgan fingerprint density at radius 1 is 1.11 bits per heavy atom. The molecule has 7 rings (SSSR count). The number of nitrogens with one attached hydrogen (secondary N) is 2. The van der Waals surface area contributed by atoms with Gasteiger partial charge in [-0.15, -0.1) is 0 Å². The Bertz CT molecular complexity index is 1520. The van der Waals surface area contributed by atoms with Crippen LogP contribution in [0.4, 0.5) is 0 Å². The number of H-pyrrole nitrogens is 1. The molecule has 5 heterocycles. The molecule has 45 heavy (non-hydrogen) atoms. The minimum absolute atomic E-state index is 0.00770. The highest BCUT2D eigenvalue weighted by Crippen LogP contribution is 2.52. The van der Waals surface area contributed by atoms with Crippen LogP contribution in [-0.2, 0) is 19.1 Å². The first-order valence-corrected chi connectivity index (χ1v) is 15.3. The number of carbonyl (C=O) groups excluding carboxylic acids is 3. The summed E-state index contributed by atoms with van der Waals surface area (Å²) < 4.78 is 17.7. The summed E-state index contributed by atoms with van der Waals surface area (Å²) in [6, 6.07) is 13.6. The van der Waals surface area contributed by atoms with Crippen LogP contribution in [0.5, 0.6) is 11.5 Å². The number of aromatic amines is 1. The molecule has 4 aliphatic heterocycles. The van der Waals surface area contributed by atoms with E-state index in [-0.39, 0.29) is 30.1 Å². The summed E-state index contributed by atoms with van der Waals surface area (Å²) in [6.45, 7) is 3.32. The average molecular weight is 621 g/mol. The number of hydrogen-bond acceptors (Lipinski definition) is 7. The highest BCUT2D eigenvalue weighted by Gasteiger charge is 2.52. The van der Waals surface area contributed by atoms with Gasteiger partial charge in [-0.05, 0) is 31.0 Å². The highest BCUT2D eigenvalue weighted by atomic mass is 16.5. The predicted octanol–water partition coefficient (Wildman–Crippen LogP) is 3.03. The van der Waals surface area contributed by atoms with Crippen LogP contribution in [0.1, 0.15) is 47.5 Å². The molecule has 4 aliphatic rings. The maximum Gasteiger partial charge on any atom is 0.290 e. The van der Waals surface area contributed by atoms with E-state index >= 15 is 0 Å². The Hall–Kier alpha value is -4.58. The lowest BCUT2D eigenvalue weighted by Gasteiger charge is -2.40. The molecule has 3 aromatic rings. The third-order valence-electron chi connectivity index (χ3n) is 8.81. The van der Waals surface area contributed by atoms with Crippen molar-refractivity contribution in [2.45, 2.75) is 31.6 Å². The van der Waals surface area contributed by atoms with Crippen molar-refractivity contribution in [3.8, 4) is 11.5 Å². The molecule has 1 saturated heterocycles. The first-order chi connectivity index (χ1) is 21.9. The van der Waals surface area contributed by atoms with Gasteiger partial charge in [0.2, 0.25) is 11.8 Å². The molecule has 0 saturated carbocycles. The molecule has 2 atom stereocenters. The number of hydrogen-bond donors (Lipinski definition) is 3. The summed E-state index contributed by atoms with van der Waals surface area (Å²) in [7, 11) is 1.59. The van der Waals surface area contributed by atoms with Gasteiger partial charge in [0.1, 0.15) is 0 Å². The van der Waals surface area contributed by atoms with E-state index in [1.807, 2.05) is 58.5 Å². The molecule has 12 heteroatoms. The van der Waals surface area contributed by atoms with Gasteiger partial charge in [0.25, 0.3) is 12.4 Å². The zero-order valence-electron chi connectivity index (χ0n) is 25.5. The number of benzene rings is 2.